The van der Waals surface area contributed by atoms with Crippen LogP contribution in [0.15, 0.2) is 24.3 Å². The molecule has 0 saturated carbocycles. The molecule has 124 valence electrons. The van der Waals surface area contributed by atoms with Crippen LogP contribution in [-0.4, -0.2) is 0 Å². The van der Waals surface area contributed by atoms with Gasteiger partial charge >= 0.3 is 0 Å². The van der Waals surface area contributed by atoms with Crippen LogP contribution in [0.4, 0.5) is 0 Å². The largest absolute Gasteiger partial charge is 0.0885 e. The van der Waals surface area contributed by atoms with E-state index in [1.165, 1.54) is 96.3 Å². The Bertz CT molecular complexity index is 224. The zero-order valence-electron chi connectivity index (χ0n) is 14.9. The fourth-order valence-electron chi connectivity index (χ4n) is 2.55. The molecule has 0 unspecified atom stereocenters. The molecule has 0 aliphatic rings. The smallest absolute Gasteiger partial charge is 0.0351 e. The first kappa shape index (κ1) is 20.5. The molecule has 0 aromatic carbocycles. The van der Waals surface area contributed by atoms with Crippen LogP contribution in [-0.2, 0) is 0 Å². The zero-order valence-corrected chi connectivity index (χ0v) is 14.9. The second kappa shape index (κ2) is 19.5. The highest BCUT2D eigenvalue weighted by atomic mass is 13.9. The van der Waals surface area contributed by atoms with Gasteiger partial charge in [0.05, 0.1) is 0 Å². The van der Waals surface area contributed by atoms with Crippen molar-refractivity contribution >= 4 is 0 Å². The predicted molar refractivity (Wildman–Crippen MR) is 98.9 cm³/mol. The Balaban J connectivity index is 3.10. The molecule has 0 radical (unpaired) electrons. The second-order valence-electron chi connectivity index (χ2n) is 6.28. The second-order valence-corrected chi connectivity index (χ2v) is 6.28. The molecule has 0 amide bonds. The molecule has 0 aromatic heterocycles. The summed E-state index contributed by atoms with van der Waals surface area (Å²) >= 11 is 0. The highest BCUT2D eigenvalue weighted by Gasteiger charge is 1.88. The Kier molecular flexibility index (Phi) is 19.0. The minimum Gasteiger partial charge on any atom is -0.0885 e. The van der Waals surface area contributed by atoms with E-state index in [9.17, 15) is 0 Å². The molecule has 0 N–H and O–H groups in total. The van der Waals surface area contributed by atoms with Gasteiger partial charge in [0.25, 0.3) is 0 Å². The fourth-order valence-corrected chi connectivity index (χ4v) is 2.55. The molecule has 0 heteroatoms. The summed E-state index contributed by atoms with van der Waals surface area (Å²) in [5.41, 5.74) is 0. The summed E-state index contributed by atoms with van der Waals surface area (Å²) in [4.78, 5) is 0. The van der Waals surface area contributed by atoms with Crippen molar-refractivity contribution in [2.45, 2.75) is 110 Å². The summed E-state index contributed by atoms with van der Waals surface area (Å²) in [5.74, 6) is 0. The van der Waals surface area contributed by atoms with Gasteiger partial charge < -0.3 is 0 Å². The highest BCUT2D eigenvalue weighted by Crippen LogP contribution is 2.08. The first-order valence-electron chi connectivity index (χ1n) is 9.71. The van der Waals surface area contributed by atoms with Crippen LogP contribution in [0.2, 0.25) is 0 Å². The summed E-state index contributed by atoms with van der Waals surface area (Å²) in [5, 5.41) is 0. The molecule has 0 rings (SSSR count). The molecular weight excluding hydrogens is 252 g/mol. The fraction of sp³-hybridized carbons (Fsp3) is 0.810. The first-order chi connectivity index (χ1) is 10.4. The molecule has 21 heavy (non-hydrogen) atoms. The highest BCUT2D eigenvalue weighted by molar-refractivity contribution is 4.83. The number of hydrogen-bond donors (Lipinski definition) is 0. The number of allylic oxidation sites excluding steroid dienone is 4. The van der Waals surface area contributed by atoms with Crippen molar-refractivity contribution < 1.29 is 0 Å². The van der Waals surface area contributed by atoms with Gasteiger partial charge in [0, 0.05) is 0 Å². The summed E-state index contributed by atoms with van der Waals surface area (Å²) < 4.78 is 0. The van der Waals surface area contributed by atoms with Crippen LogP contribution in [0.3, 0.4) is 0 Å². The lowest BCUT2D eigenvalue weighted by atomic mass is 10.1. The van der Waals surface area contributed by atoms with Gasteiger partial charge in [0.15, 0.2) is 0 Å². The molecule has 0 spiro atoms. The van der Waals surface area contributed by atoms with Gasteiger partial charge in [0.1, 0.15) is 0 Å². The van der Waals surface area contributed by atoms with Gasteiger partial charge in [-0.25, -0.2) is 0 Å². The molecule has 0 saturated heterocycles. The van der Waals surface area contributed by atoms with Crippen molar-refractivity contribution in [2.24, 2.45) is 0 Å². The Hall–Kier alpha value is -0.520. The summed E-state index contributed by atoms with van der Waals surface area (Å²) in [6, 6.07) is 0. The van der Waals surface area contributed by atoms with Gasteiger partial charge in [0.2, 0.25) is 0 Å². The first-order valence-corrected chi connectivity index (χ1v) is 9.71. The van der Waals surface area contributed by atoms with E-state index in [0.29, 0.717) is 0 Å². The molecule has 0 heterocycles. The third-order valence-corrected chi connectivity index (χ3v) is 4.02. The minimum atomic E-state index is 1.28. The molecule has 0 atom stereocenters. The van der Waals surface area contributed by atoms with Gasteiger partial charge in [-0.05, 0) is 51.4 Å². The maximum Gasteiger partial charge on any atom is -0.0351 e. The monoisotopic (exact) mass is 292 g/mol. The molecule has 0 bridgehead atoms. The van der Waals surface area contributed by atoms with E-state index in [4.69, 9.17) is 0 Å². The van der Waals surface area contributed by atoms with Crippen LogP contribution < -0.4 is 0 Å². The number of unbranched alkanes of at least 4 members (excludes halogenated alkanes) is 12. The van der Waals surface area contributed by atoms with Crippen molar-refractivity contribution in [3.63, 3.8) is 0 Å². The molecule has 0 nitrogen and oxygen atoms in total. The summed E-state index contributed by atoms with van der Waals surface area (Å²) in [7, 11) is 0. The lowest BCUT2D eigenvalue weighted by Gasteiger charge is -1.97. The number of rotatable bonds is 16. The van der Waals surface area contributed by atoms with Gasteiger partial charge in [-0.2, -0.15) is 0 Å². The van der Waals surface area contributed by atoms with Crippen molar-refractivity contribution in [3.05, 3.63) is 24.3 Å². The molecular formula is C21H40. The quantitative estimate of drug-likeness (QED) is 0.200. The Morgan fingerprint density at radius 2 is 0.667 bits per heavy atom. The molecule has 0 aliphatic carbocycles. The Labute approximate surface area is 135 Å². The van der Waals surface area contributed by atoms with E-state index in [0.717, 1.165) is 0 Å². The average Bonchev–Trinajstić information content (AvgIpc) is 2.50. The van der Waals surface area contributed by atoms with Crippen molar-refractivity contribution in [1.82, 2.24) is 0 Å². The Morgan fingerprint density at radius 1 is 0.381 bits per heavy atom. The van der Waals surface area contributed by atoms with E-state index in [1.54, 1.807) is 0 Å². The predicted octanol–water partition coefficient (Wildman–Crippen LogP) is 7.99. The van der Waals surface area contributed by atoms with Crippen LogP contribution in [0.1, 0.15) is 110 Å². The lowest BCUT2D eigenvalue weighted by Crippen LogP contribution is -1.77. The molecule has 0 aromatic rings. The van der Waals surface area contributed by atoms with Crippen LogP contribution in [0.25, 0.3) is 0 Å². The maximum atomic E-state index is 2.40. The van der Waals surface area contributed by atoms with Gasteiger partial charge in [-0.1, -0.05) is 83.1 Å². The van der Waals surface area contributed by atoms with Gasteiger partial charge in [-0.3, -0.25) is 0 Å². The number of hydrogen-bond acceptors (Lipinski definition) is 0. The SMILES string of the molecule is CCCCCC=CCCCCCC=CCCCCCCC. The van der Waals surface area contributed by atoms with Crippen molar-refractivity contribution in [2.75, 3.05) is 0 Å². The van der Waals surface area contributed by atoms with E-state index < -0.39 is 0 Å². The minimum absolute atomic E-state index is 1.28. The van der Waals surface area contributed by atoms with E-state index in [-0.39, 0.29) is 0 Å². The summed E-state index contributed by atoms with van der Waals surface area (Å²) in [6.45, 7) is 4.55. The maximum absolute atomic E-state index is 2.40. The van der Waals surface area contributed by atoms with E-state index >= 15 is 0 Å². The molecule has 0 aliphatic heterocycles. The van der Waals surface area contributed by atoms with Crippen molar-refractivity contribution in [1.29, 1.82) is 0 Å². The molecule has 0 fully saturated rings. The third-order valence-electron chi connectivity index (χ3n) is 4.02. The lowest BCUT2D eigenvalue weighted by molar-refractivity contribution is 0.636. The van der Waals surface area contributed by atoms with Crippen LogP contribution >= 0.6 is 0 Å². The standard InChI is InChI=1S/C21H40/c1-3-5-7-9-11-13-15-17-19-21-20-18-16-14-12-10-8-6-4-2/h11,13,16,18H,3-10,12,14-15,17,19-21H2,1-2H3. The Morgan fingerprint density at radius 3 is 1.10 bits per heavy atom. The topological polar surface area (TPSA) is 0 Å². The van der Waals surface area contributed by atoms with E-state index in [2.05, 4.69) is 38.2 Å². The van der Waals surface area contributed by atoms with Crippen LogP contribution in [0.5, 0.6) is 0 Å². The van der Waals surface area contributed by atoms with E-state index in [1.807, 2.05) is 0 Å². The normalized spacial score (nSPS) is 11.9. The van der Waals surface area contributed by atoms with Crippen molar-refractivity contribution in [3.8, 4) is 0 Å². The summed E-state index contributed by atoms with van der Waals surface area (Å²) in [6.07, 6.45) is 30.0. The third kappa shape index (κ3) is 19.5. The zero-order chi connectivity index (χ0) is 15.4. The average molecular weight is 293 g/mol. The van der Waals surface area contributed by atoms with Gasteiger partial charge in [-0.15, -0.1) is 0 Å². The van der Waals surface area contributed by atoms with Crippen LogP contribution in [0, 0.1) is 0 Å².